The molecule has 2 aromatic rings. The van der Waals surface area contributed by atoms with Crippen LogP contribution in [0.2, 0.25) is 0 Å². The van der Waals surface area contributed by atoms with Crippen LogP contribution in [0.15, 0.2) is 36.4 Å². The Kier molecular flexibility index (Phi) is 8.43. The number of carbonyl (C=O) groups is 1. The maximum absolute atomic E-state index is 14.2. The number of alkyl halides is 3. The van der Waals surface area contributed by atoms with Crippen molar-refractivity contribution in [3.8, 4) is 0 Å². The third kappa shape index (κ3) is 6.50. The predicted octanol–water partition coefficient (Wildman–Crippen LogP) is 7.50. The Bertz CT molecular complexity index is 939. The van der Waals surface area contributed by atoms with Gasteiger partial charge >= 0.3 is 6.18 Å². The molecule has 1 aliphatic heterocycles. The molecule has 0 aromatic heterocycles. The van der Waals surface area contributed by atoms with Crippen LogP contribution in [0.4, 0.5) is 13.2 Å². The third-order valence-corrected chi connectivity index (χ3v) is 6.64. The zero-order chi connectivity index (χ0) is 24.1. The second-order valence-corrected chi connectivity index (χ2v) is 10.0. The van der Waals surface area contributed by atoms with Crippen molar-refractivity contribution >= 4 is 16.7 Å². The number of hydrazine groups is 1. The summed E-state index contributed by atoms with van der Waals surface area (Å²) in [5.74, 6) is -0.385. The second kappa shape index (κ2) is 10.9. The number of amides is 1. The SMILES string of the molecule is CCCCCCCCCCc1ccc2c(C(N3CC(C)(C)C(=O)N3)C(F)(F)F)cccc2c1. The van der Waals surface area contributed by atoms with Crippen molar-refractivity contribution < 1.29 is 18.0 Å². The van der Waals surface area contributed by atoms with Gasteiger partial charge in [0.05, 0.1) is 5.41 Å². The van der Waals surface area contributed by atoms with E-state index in [1.807, 2.05) is 24.3 Å². The van der Waals surface area contributed by atoms with Gasteiger partial charge in [-0.15, -0.1) is 0 Å². The molecule has 1 unspecified atom stereocenters. The van der Waals surface area contributed by atoms with E-state index < -0.39 is 17.6 Å². The van der Waals surface area contributed by atoms with Crippen LogP contribution in [0, 0.1) is 5.41 Å². The van der Waals surface area contributed by atoms with E-state index in [0.29, 0.717) is 5.39 Å². The van der Waals surface area contributed by atoms with Crippen LogP contribution in [-0.4, -0.2) is 23.6 Å². The lowest BCUT2D eigenvalue weighted by Gasteiger charge is -2.30. The van der Waals surface area contributed by atoms with Crippen molar-refractivity contribution in [1.82, 2.24) is 10.4 Å². The Morgan fingerprint density at radius 2 is 1.67 bits per heavy atom. The first kappa shape index (κ1) is 25.5. The van der Waals surface area contributed by atoms with Crippen molar-refractivity contribution in [2.75, 3.05) is 6.54 Å². The van der Waals surface area contributed by atoms with Crippen molar-refractivity contribution in [2.45, 2.75) is 90.8 Å². The fourth-order valence-electron chi connectivity index (χ4n) is 4.71. The highest BCUT2D eigenvalue weighted by Gasteiger charge is 2.51. The summed E-state index contributed by atoms with van der Waals surface area (Å²) in [6, 6.07) is 8.97. The molecule has 0 saturated carbocycles. The average Bonchev–Trinajstić information content (AvgIpc) is 3.00. The minimum absolute atomic E-state index is 0.00290. The number of fused-ring (bicyclic) bond motifs is 1. The molecule has 1 saturated heterocycles. The van der Waals surface area contributed by atoms with Crippen molar-refractivity contribution in [3.05, 3.63) is 47.5 Å². The summed E-state index contributed by atoms with van der Waals surface area (Å²) < 4.78 is 42.6. The first-order valence-corrected chi connectivity index (χ1v) is 12.3. The van der Waals surface area contributed by atoms with E-state index in [4.69, 9.17) is 0 Å². The smallest absolute Gasteiger partial charge is 0.287 e. The first-order chi connectivity index (χ1) is 15.6. The predicted molar refractivity (Wildman–Crippen MR) is 128 cm³/mol. The standard InChI is InChI=1S/C27H37F3N2O/c1-4-5-6-7-8-9-10-11-13-20-16-17-22-21(18-20)14-12-15-23(22)24(27(28,29)30)32-19-26(2,3)25(33)31-32/h12,14-18,24H,4-11,13,19H2,1-3H3,(H,31,33). The molecule has 33 heavy (non-hydrogen) atoms. The Hall–Kier alpha value is -2.08. The van der Waals surface area contributed by atoms with Crippen molar-refractivity contribution in [1.29, 1.82) is 0 Å². The number of aryl methyl sites for hydroxylation is 1. The third-order valence-electron chi connectivity index (χ3n) is 6.64. The lowest BCUT2D eigenvalue weighted by atomic mass is 9.92. The minimum Gasteiger partial charge on any atom is -0.287 e. The van der Waals surface area contributed by atoms with Gasteiger partial charge < -0.3 is 0 Å². The Balaban J connectivity index is 1.72. The number of nitrogens with zero attached hydrogens (tertiary/aromatic N) is 1. The van der Waals surface area contributed by atoms with E-state index in [1.54, 1.807) is 19.9 Å². The maximum atomic E-state index is 14.2. The Labute approximate surface area is 195 Å². The zero-order valence-corrected chi connectivity index (χ0v) is 20.1. The zero-order valence-electron chi connectivity index (χ0n) is 20.1. The summed E-state index contributed by atoms with van der Waals surface area (Å²) in [4.78, 5) is 12.2. The lowest BCUT2D eigenvalue weighted by molar-refractivity contribution is -0.191. The molecule has 0 bridgehead atoms. The molecule has 1 fully saturated rings. The summed E-state index contributed by atoms with van der Waals surface area (Å²) in [6.07, 6.45) is 6.43. The first-order valence-electron chi connectivity index (χ1n) is 12.3. The van der Waals surface area contributed by atoms with Gasteiger partial charge in [0.1, 0.15) is 0 Å². The van der Waals surface area contributed by atoms with Gasteiger partial charge in [-0.3, -0.25) is 10.2 Å². The summed E-state index contributed by atoms with van der Waals surface area (Å²) in [5, 5.41) is 2.44. The Morgan fingerprint density at radius 3 is 2.27 bits per heavy atom. The van der Waals surface area contributed by atoms with Crippen LogP contribution in [0.25, 0.3) is 10.8 Å². The van der Waals surface area contributed by atoms with E-state index in [2.05, 4.69) is 12.3 Å². The van der Waals surface area contributed by atoms with E-state index in [9.17, 15) is 18.0 Å². The van der Waals surface area contributed by atoms with Gasteiger partial charge in [0.2, 0.25) is 5.91 Å². The topological polar surface area (TPSA) is 32.3 Å². The van der Waals surface area contributed by atoms with Gasteiger partial charge in [-0.05, 0) is 48.6 Å². The molecule has 1 atom stereocenters. The molecule has 1 N–H and O–H groups in total. The van der Waals surface area contributed by atoms with E-state index in [-0.39, 0.29) is 18.0 Å². The van der Waals surface area contributed by atoms with E-state index in [1.165, 1.54) is 51.0 Å². The van der Waals surface area contributed by atoms with Gasteiger partial charge in [0.15, 0.2) is 6.04 Å². The number of unbranched alkanes of at least 4 members (excludes halogenated alkanes) is 7. The average molecular weight is 463 g/mol. The molecular weight excluding hydrogens is 425 g/mol. The summed E-state index contributed by atoms with van der Waals surface area (Å²) >= 11 is 0. The fraction of sp³-hybridized carbons (Fsp3) is 0.593. The summed E-state index contributed by atoms with van der Waals surface area (Å²) in [7, 11) is 0. The van der Waals surface area contributed by atoms with E-state index >= 15 is 0 Å². The van der Waals surface area contributed by atoms with Crippen LogP contribution in [0.3, 0.4) is 0 Å². The molecule has 0 radical (unpaired) electrons. The molecule has 1 amide bonds. The minimum atomic E-state index is -4.52. The largest absolute Gasteiger partial charge is 0.409 e. The number of carbonyl (C=O) groups excluding carboxylic acids is 1. The highest BCUT2D eigenvalue weighted by molar-refractivity contribution is 5.87. The number of halogens is 3. The fourth-order valence-corrected chi connectivity index (χ4v) is 4.71. The molecule has 1 aliphatic rings. The second-order valence-electron chi connectivity index (χ2n) is 10.0. The molecule has 1 heterocycles. The van der Waals surface area contributed by atoms with Crippen LogP contribution in [0.1, 0.15) is 89.3 Å². The number of rotatable bonds is 11. The number of hydrogen-bond donors (Lipinski definition) is 1. The van der Waals surface area contributed by atoms with Gasteiger partial charge in [-0.25, -0.2) is 5.01 Å². The quantitative estimate of drug-likeness (QED) is 0.351. The Morgan fingerprint density at radius 1 is 1.00 bits per heavy atom. The van der Waals surface area contributed by atoms with Gasteiger partial charge in [-0.1, -0.05) is 88.3 Å². The molecule has 182 valence electrons. The lowest BCUT2D eigenvalue weighted by Crippen LogP contribution is -2.43. The molecule has 6 heteroatoms. The van der Waals surface area contributed by atoms with Gasteiger partial charge in [0.25, 0.3) is 0 Å². The highest BCUT2D eigenvalue weighted by Crippen LogP contribution is 2.42. The molecule has 3 rings (SSSR count). The van der Waals surface area contributed by atoms with Crippen molar-refractivity contribution in [2.24, 2.45) is 5.41 Å². The van der Waals surface area contributed by atoms with Crippen molar-refractivity contribution in [3.63, 3.8) is 0 Å². The van der Waals surface area contributed by atoms with Gasteiger partial charge in [-0.2, -0.15) is 13.2 Å². The summed E-state index contributed by atoms with van der Waals surface area (Å²) in [6.45, 7) is 5.55. The molecule has 2 aromatic carbocycles. The van der Waals surface area contributed by atoms with Crippen LogP contribution in [0.5, 0.6) is 0 Å². The number of hydrogen-bond acceptors (Lipinski definition) is 2. The van der Waals surface area contributed by atoms with Crippen LogP contribution >= 0.6 is 0 Å². The maximum Gasteiger partial charge on any atom is 0.409 e. The number of benzene rings is 2. The monoisotopic (exact) mass is 462 g/mol. The molecule has 3 nitrogen and oxygen atoms in total. The molecule has 0 spiro atoms. The van der Waals surface area contributed by atoms with Crippen LogP contribution in [-0.2, 0) is 11.2 Å². The number of nitrogens with one attached hydrogen (secondary N) is 1. The molecular formula is C27H37F3N2O. The highest BCUT2D eigenvalue weighted by atomic mass is 19.4. The van der Waals surface area contributed by atoms with Crippen LogP contribution < -0.4 is 5.43 Å². The normalized spacial score (nSPS) is 17.5. The summed E-state index contributed by atoms with van der Waals surface area (Å²) in [5.41, 5.74) is 2.93. The van der Waals surface area contributed by atoms with Gasteiger partial charge in [0, 0.05) is 6.54 Å². The van der Waals surface area contributed by atoms with E-state index in [0.717, 1.165) is 28.8 Å². The molecule has 0 aliphatic carbocycles.